The highest BCUT2D eigenvalue weighted by atomic mass is 35.5. The predicted molar refractivity (Wildman–Crippen MR) is 82.4 cm³/mol. The van der Waals surface area contributed by atoms with Gasteiger partial charge in [-0.25, -0.2) is 8.42 Å². The molecule has 2 N–H and O–H groups in total. The minimum atomic E-state index is -3.77. The molecule has 1 atom stereocenters. The van der Waals surface area contributed by atoms with Crippen LogP contribution < -0.4 is 10.0 Å². The number of hydrogen-bond acceptors (Lipinski definition) is 5. The summed E-state index contributed by atoms with van der Waals surface area (Å²) in [6.45, 7) is 3.19. The molecule has 1 amide bonds. The van der Waals surface area contributed by atoms with Gasteiger partial charge in [0.2, 0.25) is 5.91 Å². The van der Waals surface area contributed by atoms with Crippen LogP contribution in [0.3, 0.4) is 0 Å². The maximum absolute atomic E-state index is 12.2. The molecule has 0 radical (unpaired) electrons. The van der Waals surface area contributed by atoms with E-state index in [1.165, 1.54) is 30.3 Å². The molecule has 0 spiro atoms. The van der Waals surface area contributed by atoms with Crippen molar-refractivity contribution in [3.05, 3.63) is 36.1 Å². The van der Waals surface area contributed by atoms with Gasteiger partial charge in [0, 0.05) is 11.8 Å². The zero-order valence-electron chi connectivity index (χ0n) is 11.8. The first-order valence-corrected chi connectivity index (χ1v) is 8.21. The van der Waals surface area contributed by atoms with E-state index in [9.17, 15) is 13.2 Å². The number of benzene rings is 1. The Morgan fingerprint density at radius 3 is 2.45 bits per heavy atom. The number of alkyl halides is 1. The van der Waals surface area contributed by atoms with E-state index in [4.69, 9.17) is 16.1 Å². The average Bonchev–Trinajstić information content (AvgIpc) is 2.83. The third-order valence-electron chi connectivity index (χ3n) is 2.66. The molecule has 0 aliphatic rings. The number of sulfonamides is 1. The number of amides is 1. The quantitative estimate of drug-likeness (QED) is 0.811. The summed E-state index contributed by atoms with van der Waals surface area (Å²) in [5.74, 6) is 0.227. The summed E-state index contributed by atoms with van der Waals surface area (Å²) in [6, 6.07) is 7.14. The molecule has 118 valence electrons. The van der Waals surface area contributed by atoms with Crippen LogP contribution in [0.1, 0.15) is 12.7 Å². The van der Waals surface area contributed by atoms with Gasteiger partial charge in [-0.1, -0.05) is 5.16 Å². The van der Waals surface area contributed by atoms with Crippen molar-refractivity contribution in [1.82, 2.24) is 5.16 Å². The second-order valence-corrected chi connectivity index (χ2v) is 6.89. The molecule has 1 aromatic carbocycles. The predicted octanol–water partition coefficient (Wildman–Crippen LogP) is 2.35. The lowest BCUT2D eigenvalue weighted by atomic mass is 10.3. The van der Waals surface area contributed by atoms with Gasteiger partial charge in [0.25, 0.3) is 10.0 Å². The summed E-state index contributed by atoms with van der Waals surface area (Å²) < 4.78 is 31.4. The number of nitrogens with one attached hydrogen (secondary N) is 2. The standard InChI is InChI=1S/C13H14ClN3O4S/c1-8-7-12(16-21-8)17-22(19,20)11-5-3-10(4-6-11)15-13(18)9(2)14/h3-7,9H,1-2H3,(H,15,18)(H,16,17). The van der Waals surface area contributed by atoms with Crippen LogP contribution in [-0.2, 0) is 14.8 Å². The maximum atomic E-state index is 12.2. The number of aryl methyl sites for hydroxylation is 1. The third-order valence-corrected chi connectivity index (χ3v) is 4.23. The summed E-state index contributed by atoms with van der Waals surface area (Å²) >= 11 is 5.64. The van der Waals surface area contributed by atoms with Crippen molar-refractivity contribution in [2.75, 3.05) is 10.0 Å². The van der Waals surface area contributed by atoms with Crippen LogP contribution in [0.15, 0.2) is 39.8 Å². The van der Waals surface area contributed by atoms with Gasteiger partial charge < -0.3 is 9.84 Å². The monoisotopic (exact) mass is 343 g/mol. The summed E-state index contributed by atoms with van der Waals surface area (Å²) in [5.41, 5.74) is 0.453. The van der Waals surface area contributed by atoms with Crippen LogP contribution in [0, 0.1) is 6.92 Å². The molecule has 0 fully saturated rings. The van der Waals surface area contributed by atoms with Gasteiger partial charge in [-0.2, -0.15) is 0 Å². The molecular formula is C13H14ClN3O4S. The Morgan fingerprint density at radius 1 is 1.32 bits per heavy atom. The van der Waals surface area contributed by atoms with Crippen molar-refractivity contribution >= 4 is 39.0 Å². The number of nitrogens with zero attached hydrogens (tertiary/aromatic N) is 1. The SMILES string of the molecule is Cc1cc(NS(=O)(=O)c2ccc(NC(=O)C(C)Cl)cc2)no1. The third kappa shape index (κ3) is 3.99. The van der Waals surface area contributed by atoms with E-state index in [2.05, 4.69) is 15.2 Å². The van der Waals surface area contributed by atoms with E-state index in [1.807, 2.05) is 0 Å². The van der Waals surface area contributed by atoms with Crippen molar-refractivity contribution < 1.29 is 17.7 Å². The molecule has 1 unspecified atom stereocenters. The van der Waals surface area contributed by atoms with E-state index >= 15 is 0 Å². The van der Waals surface area contributed by atoms with Crippen molar-refractivity contribution in [3.63, 3.8) is 0 Å². The summed E-state index contributed by atoms with van der Waals surface area (Å²) in [4.78, 5) is 11.5. The van der Waals surface area contributed by atoms with Gasteiger partial charge in [-0.15, -0.1) is 11.6 Å². The Morgan fingerprint density at radius 2 is 1.95 bits per heavy atom. The fraction of sp³-hybridized carbons (Fsp3) is 0.231. The molecule has 1 aromatic heterocycles. The molecule has 22 heavy (non-hydrogen) atoms. The van der Waals surface area contributed by atoms with E-state index in [-0.39, 0.29) is 16.6 Å². The number of halogens is 1. The Balaban J connectivity index is 2.13. The molecule has 1 heterocycles. The fourth-order valence-corrected chi connectivity index (χ4v) is 2.61. The minimum Gasteiger partial charge on any atom is -0.360 e. The minimum absolute atomic E-state index is 0.0325. The fourth-order valence-electron chi connectivity index (χ4n) is 1.57. The highest BCUT2D eigenvalue weighted by Gasteiger charge is 2.16. The largest absolute Gasteiger partial charge is 0.360 e. The summed E-state index contributed by atoms with van der Waals surface area (Å²) in [5, 5.41) is 5.45. The van der Waals surface area contributed by atoms with Gasteiger partial charge in [0.15, 0.2) is 5.82 Å². The topological polar surface area (TPSA) is 101 Å². The van der Waals surface area contributed by atoms with E-state index < -0.39 is 15.4 Å². The van der Waals surface area contributed by atoms with Gasteiger partial charge in [0.1, 0.15) is 11.1 Å². The second kappa shape index (κ2) is 6.37. The number of hydrogen-bond donors (Lipinski definition) is 2. The first kappa shape index (κ1) is 16.3. The molecule has 0 bridgehead atoms. The van der Waals surface area contributed by atoms with E-state index in [0.29, 0.717) is 11.4 Å². The van der Waals surface area contributed by atoms with Crippen LogP contribution in [0.2, 0.25) is 0 Å². The van der Waals surface area contributed by atoms with Crippen molar-refractivity contribution in [1.29, 1.82) is 0 Å². The molecule has 0 saturated heterocycles. The molecule has 0 saturated carbocycles. The highest BCUT2D eigenvalue weighted by molar-refractivity contribution is 7.92. The smallest absolute Gasteiger partial charge is 0.263 e. The lowest BCUT2D eigenvalue weighted by molar-refractivity contribution is -0.115. The molecular weight excluding hydrogens is 330 g/mol. The molecule has 0 aliphatic carbocycles. The number of carbonyl (C=O) groups is 1. The van der Waals surface area contributed by atoms with Gasteiger partial charge in [-0.3, -0.25) is 9.52 Å². The Hall–Kier alpha value is -2.06. The first-order valence-electron chi connectivity index (χ1n) is 6.29. The van der Waals surface area contributed by atoms with Crippen molar-refractivity contribution in [2.45, 2.75) is 24.1 Å². The number of rotatable bonds is 5. The lowest BCUT2D eigenvalue weighted by Crippen LogP contribution is -2.20. The first-order chi connectivity index (χ1) is 10.3. The number of aromatic nitrogens is 1. The zero-order valence-corrected chi connectivity index (χ0v) is 13.4. The molecule has 7 nitrogen and oxygen atoms in total. The molecule has 9 heteroatoms. The maximum Gasteiger partial charge on any atom is 0.263 e. The average molecular weight is 344 g/mol. The lowest BCUT2D eigenvalue weighted by Gasteiger charge is -2.08. The molecule has 0 aliphatic heterocycles. The Labute approximate surface area is 132 Å². The highest BCUT2D eigenvalue weighted by Crippen LogP contribution is 2.18. The Kier molecular flexibility index (Phi) is 4.72. The Bertz CT molecular complexity index is 769. The molecule has 2 rings (SSSR count). The summed E-state index contributed by atoms with van der Waals surface area (Å²) in [7, 11) is -3.77. The number of anilines is 2. The van der Waals surface area contributed by atoms with Crippen LogP contribution in [-0.4, -0.2) is 24.9 Å². The normalized spacial score (nSPS) is 12.7. The zero-order chi connectivity index (χ0) is 16.3. The summed E-state index contributed by atoms with van der Waals surface area (Å²) in [6.07, 6.45) is 0. The van der Waals surface area contributed by atoms with Crippen molar-refractivity contribution in [2.24, 2.45) is 0 Å². The van der Waals surface area contributed by atoms with Crippen LogP contribution in [0.25, 0.3) is 0 Å². The molecule has 2 aromatic rings. The van der Waals surface area contributed by atoms with Gasteiger partial charge in [0.05, 0.1) is 4.90 Å². The second-order valence-electron chi connectivity index (χ2n) is 4.56. The van der Waals surface area contributed by atoms with Gasteiger partial charge >= 0.3 is 0 Å². The van der Waals surface area contributed by atoms with Crippen LogP contribution in [0.4, 0.5) is 11.5 Å². The number of carbonyl (C=O) groups excluding carboxylic acids is 1. The van der Waals surface area contributed by atoms with E-state index in [0.717, 1.165) is 0 Å². The van der Waals surface area contributed by atoms with Crippen LogP contribution in [0.5, 0.6) is 0 Å². The van der Waals surface area contributed by atoms with E-state index in [1.54, 1.807) is 13.8 Å². The van der Waals surface area contributed by atoms with Crippen molar-refractivity contribution in [3.8, 4) is 0 Å². The van der Waals surface area contributed by atoms with Gasteiger partial charge in [-0.05, 0) is 38.1 Å². The van der Waals surface area contributed by atoms with Crippen LogP contribution >= 0.6 is 11.6 Å².